The summed E-state index contributed by atoms with van der Waals surface area (Å²) < 4.78 is 11.2. The quantitative estimate of drug-likeness (QED) is 0.222. The summed E-state index contributed by atoms with van der Waals surface area (Å²) >= 11 is 0. The van der Waals surface area contributed by atoms with E-state index in [0.29, 0.717) is 0 Å². The van der Waals surface area contributed by atoms with Crippen LogP contribution >= 0.6 is 0 Å². The second-order valence-electron chi connectivity index (χ2n) is 10.5. The molecular formula is C36H20N2O. The summed E-state index contributed by atoms with van der Waals surface area (Å²) in [4.78, 5) is 0. The molecule has 0 unspecified atom stereocenters. The van der Waals surface area contributed by atoms with E-state index in [1.165, 1.54) is 59.9 Å². The lowest BCUT2D eigenvalue weighted by molar-refractivity contribution is 0.668. The number of aromatic nitrogens is 2. The lowest BCUT2D eigenvalue weighted by atomic mass is 10.1. The standard InChI is InChI=1S/C36H20N2O/c1-4-13-29-22(8-1)25-11-7-12-26-27-18-19-31-34(36(27)38(29)35(25)26)28-10-2-5-14-30(28)37(31)21-16-17-24-23-9-3-6-15-32(23)39-33(24)20-21/h1-20H. The molecule has 0 atom stereocenters. The van der Waals surface area contributed by atoms with Crippen LogP contribution in [0.3, 0.4) is 0 Å². The largest absolute Gasteiger partial charge is 0.456 e. The Labute approximate surface area is 222 Å². The van der Waals surface area contributed by atoms with Crippen molar-refractivity contribution in [3.05, 3.63) is 121 Å². The zero-order chi connectivity index (χ0) is 25.2. The van der Waals surface area contributed by atoms with Crippen LogP contribution in [0.4, 0.5) is 0 Å². The molecule has 4 heterocycles. The van der Waals surface area contributed by atoms with Crippen molar-refractivity contribution in [2.45, 2.75) is 0 Å². The molecule has 4 aromatic heterocycles. The number of furan rings is 1. The van der Waals surface area contributed by atoms with Gasteiger partial charge in [-0.2, -0.15) is 0 Å². The molecular weight excluding hydrogens is 476 g/mol. The minimum Gasteiger partial charge on any atom is -0.456 e. The van der Waals surface area contributed by atoms with Crippen LogP contribution in [0.5, 0.6) is 0 Å². The highest BCUT2D eigenvalue weighted by atomic mass is 16.3. The Kier molecular flexibility index (Phi) is 3.44. The zero-order valence-corrected chi connectivity index (χ0v) is 20.8. The van der Waals surface area contributed by atoms with Gasteiger partial charge in [0.2, 0.25) is 0 Å². The van der Waals surface area contributed by atoms with Crippen molar-refractivity contribution < 1.29 is 4.42 Å². The summed E-state index contributed by atoms with van der Waals surface area (Å²) in [6, 6.07) is 43.8. The van der Waals surface area contributed by atoms with Gasteiger partial charge in [0.05, 0.1) is 27.6 Å². The van der Waals surface area contributed by atoms with Crippen LogP contribution in [-0.2, 0) is 0 Å². The number of hydrogen-bond donors (Lipinski definition) is 0. The van der Waals surface area contributed by atoms with E-state index in [4.69, 9.17) is 4.42 Å². The van der Waals surface area contributed by atoms with Crippen molar-refractivity contribution in [2.24, 2.45) is 0 Å². The summed E-state index contributed by atoms with van der Waals surface area (Å²) in [7, 11) is 0. The second kappa shape index (κ2) is 6.77. The van der Waals surface area contributed by atoms with Gasteiger partial charge in [0, 0.05) is 54.8 Å². The molecule has 180 valence electrons. The second-order valence-corrected chi connectivity index (χ2v) is 10.5. The SMILES string of the molecule is c1ccc2c(c1)oc1cc(-n3c4ccccc4c4c3ccc3c5cccc6c7ccccc7n(c65)c34)ccc12. The number of hydrogen-bond acceptors (Lipinski definition) is 1. The van der Waals surface area contributed by atoms with Crippen LogP contribution < -0.4 is 0 Å². The van der Waals surface area contributed by atoms with Crippen LogP contribution in [0.2, 0.25) is 0 Å². The fourth-order valence-electron chi connectivity index (χ4n) is 7.09. The molecule has 6 aromatic carbocycles. The number of para-hydroxylation sites is 4. The smallest absolute Gasteiger partial charge is 0.137 e. The molecule has 3 heteroatoms. The average Bonchev–Trinajstić information content (AvgIpc) is 3.71. The molecule has 0 spiro atoms. The predicted octanol–water partition coefficient (Wildman–Crippen LogP) is 9.83. The van der Waals surface area contributed by atoms with E-state index in [-0.39, 0.29) is 0 Å². The van der Waals surface area contributed by atoms with Crippen LogP contribution in [0.25, 0.3) is 87.5 Å². The van der Waals surface area contributed by atoms with Gasteiger partial charge in [0.15, 0.2) is 0 Å². The normalized spacial score (nSPS) is 12.6. The molecule has 0 N–H and O–H groups in total. The van der Waals surface area contributed by atoms with Gasteiger partial charge in [-0.1, -0.05) is 78.9 Å². The van der Waals surface area contributed by atoms with Gasteiger partial charge in [0.1, 0.15) is 11.2 Å². The highest BCUT2D eigenvalue weighted by molar-refractivity contribution is 6.30. The van der Waals surface area contributed by atoms with Crippen LogP contribution in [0.1, 0.15) is 0 Å². The summed E-state index contributed by atoms with van der Waals surface area (Å²) in [6.07, 6.45) is 0. The number of fused-ring (bicyclic) bond motifs is 13. The van der Waals surface area contributed by atoms with Crippen molar-refractivity contribution in [1.29, 1.82) is 0 Å². The van der Waals surface area contributed by atoms with Crippen molar-refractivity contribution >= 4 is 81.8 Å². The molecule has 0 saturated carbocycles. The summed E-state index contributed by atoms with van der Waals surface area (Å²) in [6.45, 7) is 0. The van der Waals surface area contributed by atoms with Crippen molar-refractivity contribution in [3.63, 3.8) is 0 Å². The van der Waals surface area contributed by atoms with Gasteiger partial charge in [-0.3, -0.25) is 0 Å². The first-order valence-corrected chi connectivity index (χ1v) is 13.4. The van der Waals surface area contributed by atoms with E-state index in [1.807, 2.05) is 12.1 Å². The molecule has 0 saturated heterocycles. The van der Waals surface area contributed by atoms with E-state index in [2.05, 4.69) is 118 Å². The Morgan fingerprint density at radius 1 is 0.410 bits per heavy atom. The molecule has 10 aromatic rings. The third kappa shape index (κ3) is 2.31. The first-order chi connectivity index (χ1) is 19.4. The molecule has 0 amide bonds. The summed E-state index contributed by atoms with van der Waals surface area (Å²) in [5, 5.41) is 10.1. The van der Waals surface area contributed by atoms with Crippen LogP contribution in [0.15, 0.2) is 126 Å². The van der Waals surface area contributed by atoms with Gasteiger partial charge < -0.3 is 13.4 Å². The maximum Gasteiger partial charge on any atom is 0.137 e. The van der Waals surface area contributed by atoms with Crippen molar-refractivity contribution in [2.75, 3.05) is 0 Å². The Morgan fingerprint density at radius 3 is 1.95 bits per heavy atom. The minimum atomic E-state index is 0.909. The fraction of sp³-hybridized carbons (Fsp3) is 0. The van der Waals surface area contributed by atoms with E-state index in [1.54, 1.807) is 0 Å². The van der Waals surface area contributed by atoms with Gasteiger partial charge in [-0.25, -0.2) is 0 Å². The minimum absolute atomic E-state index is 0.909. The van der Waals surface area contributed by atoms with Gasteiger partial charge in [-0.05, 0) is 36.4 Å². The maximum atomic E-state index is 6.29. The summed E-state index contributed by atoms with van der Waals surface area (Å²) in [5.74, 6) is 0. The van der Waals surface area contributed by atoms with E-state index in [9.17, 15) is 0 Å². The molecule has 0 aliphatic carbocycles. The Balaban J connectivity index is 1.41. The lowest BCUT2D eigenvalue weighted by Crippen LogP contribution is -1.93. The van der Waals surface area contributed by atoms with Crippen molar-refractivity contribution in [3.8, 4) is 5.69 Å². The van der Waals surface area contributed by atoms with Crippen molar-refractivity contribution in [1.82, 2.24) is 8.97 Å². The third-order valence-corrected chi connectivity index (χ3v) is 8.64. The zero-order valence-electron chi connectivity index (χ0n) is 20.8. The molecule has 0 fully saturated rings. The third-order valence-electron chi connectivity index (χ3n) is 8.64. The average molecular weight is 497 g/mol. The fourth-order valence-corrected chi connectivity index (χ4v) is 7.09. The van der Waals surface area contributed by atoms with E-state index >= 15 is 0 Å². The highest BCUT2D eigenvalue weighted by Gasteiger charge is 2.22. The molecule has 39 heavy (non-hydrogen) atoms. The van der Waals surface area contributed by atoms with E-state index < -0.39 is 0 Å². The number of benzene rings is 6. The Morgan fingerprint density at radius 2 is 1.05 bits per heavy atom. The van der Waals surface area contributed by atoms with Gasteiger partial charge in [-0.15, -0.1) is 0 Å². The van der Waals surface area contributed by atoms with Crippen LogP contribution in [-0.4, -0.2) is 8.97 Å². The Bertz CT molecular complexity index is 2610. The summed E-state index contributed by atoms with van der Waals surface area (Å²) in [5.41, 5.74) is 9.17. The lowest BCUT2D eigenvalue weighted by Gasteiger charge is -2.08. The van der Waals surface area contributed by atoms with Crippen LogP contribution in [0, 0.1) is 0 Å². The van der Waals surface area contributed by atoms with Gasteiger partial charge >= 0.3 is 0 Å². The van der Waals surface area contributed by atoms with Gasteiger partial charge in [0.25, 0.3) is 0 Å². The number of rotatable bonds is 1. The number of nitrogens with zero attached hydrogens (tertiary/aromatic N) is 2. The molecule has 0 radical (unpaired) electrons. The molecule has 0 bridgehead atoms. The molecule has 10 rings (SSSR count). The van der Waals surface area contributed by atoms with E-state index in [0.717, 1.165) is 27.6 Å². The Hall–Kier alpha value is -5.28. The topological polar surface area (TPSA) is 22.5 Å². The first kappa shape index (κ1) is 19.8. The highest BCUT2D eigenvalue weighted by Crippen LogP contribution is 2.44. The first-order valence-electron chi connectivity index (χ1n) is 13.4. The molecule has 0 aliphatic heterocycles. The predicted molar refractivity (Wildman–Crippen MR) is 163 cm³/mol. The maximum absolute atomic E-state index is 6.29. The monoisotopic (exact) mass is 496 g/mol. The molecule has 3 nitrogen and oxygen atoms in total. The molecule has 0 aliphatic rings.